The Morgan fingerprint density at radius 1 is 1.50 bits per heavy atom. The second-order valence-corrected chi connectivity index (χ2v) is 3.72. The zero-order chi connectivity index (χ0) is 10.6. The molecule has 0 aliphatic heterocycles. The van der Waals surface area contributed by atoms with Crippen LogP contribution < -0.4 is 0 Å². The zero-order valence-electron chi connectivity index (χ0n) is 9.32. The lowest BCUT2D eigenvalue weighted by Crippen LogP contribution is -1.99. The molecule has 1 N–H and O–H groups in total. The highest BCUT2D eigenvalue weighted by Gasteiger charge is 2.14. The van der Waals surface area contributed by atoms with Gasteiger partial charge < -0.3 is 5.11 Å². The van der Waals surface area contributed by atoms with Crippen molar-refractivity contribution < 1.29 is 5.11 Å². The summed E-state index contributed by atoms with van der Waals surface area (Å²) in [7, 11) is 1.90. The van der Waals surface area contributed by atoms with Crippen molar-refractivity contribution in [3.63, 3.8) is 0 Å². The predicted molar refractivity (Wildman–Crippen MR) is 57.1 cm³/mol. The molecular formula is C11H20N2O. The monoisotopic (exact) mass is 196 g/mol. The number of hydrogen-bond donors (Lipinski definition) is 1. The normalized spacial score (nSPS) is 13.1. The van der Waals surface area contributed by atoms with Gasteiger partial charge in [0.05, 0.1) is 11.8 Å². The molecule has 14 heavy (non-hydrogen) atoms. The van der Waals surface area contributed by atoms with E-state index in [4.69, 9.17) is 0 Å². The maximum atomic E-state index is 9.92. The molecule has 0 spiro atoms. The number of aliphatic hydroxyl groups excluding tert-OH is 1. The molecule has 0 aromatic carbocycles. The third kappa shape index (κ3) is 2.58. The first-order valence-corrected chi connectivity index (χ1v) is 5.39. The summed E-state index contributed by atoms with van der Waals surface area (Å²) in [5.74, 6) is 0. The molecule has 1 heterocycles. The molecule has 1 aromatic heterocycles. The number of rotatable bonds is 5. The summed E-state index contributed by atoms with van der Waals surface area (Å²) in [5, 5.41) is 14.2. The Morgan fingerprint density at radius 3 is 2.79 bits per heavy atom. The minimum Gasteiger partial charge on any atom is -0.388 e. The fourth-order valence-corrected chi connectivity index (χ4v) is 1.66. The number of aryl methyl sites for hydroxylation is 2. The zero-order valence-corrected chi connectivity index (χ0v) is 9.32. The molecule has 0 aliphatic carbocycles. The van der Waals surface area contributed by atoms with Crippen molar-refractivity contribution in [2.24, 2.45) is 7.05 Å². The summed E-state index contributed by atoms with van der Waals surface area (Å²) in [6.45, 7) is 4.20. The summed E-state index contributed by atoms with van der Waals surface area (Å²) in [6, 6.07) is 0. The average Bonchev–Trinajstić information content (AvgIpc) is 2.56. The van der Waals surface area contributed by atoms with E-state index in [1.807, 2.05) is 13.2 Å². The van der Waals surface area contributed by atoms with Crippen LogP contribution in [0.25, 0.3) is 0 Å². The van der Waals surface area contributed by atoms with Crippen molar-refractivity contribution in [1.29, 1.82) is 0 Å². The molecule has 0 aliphatic rings. The molecule has 0 fully saturated rings. The Bertz CT molecular complexity index is 281. The van der Waals surface area contributed by atoms with E-state index in [0.29, 0.717) is 0 Å². The van der Waals surface area contributed by atoms with E-state index in [1.165, 1.54) is 0 Å². The lowest BCUT2D eigenvalue weighted by Gasteiger charge is -2.08. The summed E-state index contributed by atoms with van der Waals surface area (Å²) in [5.41, 5.74) is 2.03. The molecule has 3 nitrogen and oxygen atoms in total. The van der Waals surface area contributed by atoms with Gasteiger partial charge >= 0.3 is 0 Å². The van der Waals surface area contributed by atoms with Crippen LogP contribution in [0.3, 0.4) is 0 Å². The molecule has 0 radical (unpaired) electrons. The lowest BCUT2D eigenvalue weighted by molar-refractivity contribution is 0.163. The minimum absolute atomic E-state index is 0.335. The van der Waals surface area contributed by atoms with Crippen molar-refractivity contribution in [1.82, 2.24) is 9.78 Å². The van der Waals surface area contributed by atoms with Gasteiger partial charge in [-0.25, -0.2) is 0 Å². The number of aromatic nitrogens is 2. The number of nitrogens with zero attached hydrogens (tertiary/aromatic N) is 2. The van der Waals surface area contributed by atoms with E-state index < -0.39 is 0 Å². The van der Waals surface area contributed by atoms with Crippen molar-refractivity contribution in [3.8, 4) is 0 Å². The maximum Gasteiger partial charge on any atom is 0.0823 e. The lowest BCUT2D eigenvalue weighted by atomic mass is 10.0. The van der Waals surface area contributed by atoms with Crippen LogP contribution in [0.4, 0.5) is 0 Å². The second-order valence-electron chi connectivity index (χ2n) is 3.72. The molecule has 1 aromatic rings. The Kier molecular flexibility index (Phi) is 4.14. The van der Waals surface area contributed by atoms with Crippen LogP contribution in [-0.4, -0.2) is 14.9 Å². The summed E-state index contributed by atoms with van der Waals surface area (Å²) >= 11 is 0. The fraction of sp³-hybridized carbons (Fsp3) is 0.727. The third-order valence-corrected chi connectivity index (χ3v) is 2.46. The topological polar surface area (TPSA) is 38.0 Å². The van der Waals surface area contributed by atoms with Crippen LogP contribution in [0.15, 0.2) is 6.20 Å². The van der Waals surface area contributed by atoms with Gasteiger partial charge in [-0.05, 0) is 12.8 Å². The Hall–Kier alpha value is -0.830. The van der Waals surface area contributed by atoms with Crippen LogP contribution in [-0.2, 0) is 13.5 Å². The molecule has 0 saturated carbocycles. The molecule has 1 unspecified atom stereocenters. The molecule has 80 valence electrons. The quantitative estimate of drug-likeness (QED) is 0.784. The van der Waals surface area contributed by atoms with Crippen molar-refractivity contribution in [3.05, 3.63) is 17.5 Å². The van der Waals surface area contributed by atoms with Gasteiger partial charge in [0.15, 0.2) is 0 Å². The second kappa shape index (κ2) is 5.15. The van der Waals surface area contributed by atoms with Gasteiger partial charge in [-0.15, -0.1) is 0 Å². The summed E-state index contributed by atoms with van der Waals surface area (Å²) in [6.07, 6.45) is 5.52. The summed E-state index contributed by atoms with van der Waals surface area (Å²) in [4.78, 5) is 0. The highest BCUT2D eigenvalue weighted by molar-refractivity contribution is 5.19. The minimum atomic E-state index is -0.335. The van der Waals surface area contributed by atoms with Crippen LogP contribution in [0, 0.1) is 0 Å². The average molecular weight is 196 g/mol. The van der Waals surface area contributed by atoms with E-state index in [2.05, 4.69) is 18.9 Å². The van der Waals surface area contributed by atoms with Crippen molar-refractivity contribution >= 4 is 0 Å². The van der Waals surface area contributed by atoms with E-state index in [9.17, 15) is 5.11 Å². The van der Waals surface area contributed by atoms with Crippen LogP contribution in [0.1, 0.15) is 50.5 Å². The van der Waals surface area contributed by atoms with E-state index in [-0.39, 0.29) is 6.10 Å². The molecule has 1 rings (SSSR count). The Labute approximate surface area is 85.8 Å². The third-order valence-electron chi connectivity index (χ3n) is 2.46. The maximum absolute atomic E-state index is 9.92. The number of hydrogen-bond acceptors (Lipinski definition) is 2. The first-order valence-electron chi connectivity index (χ1n) is 5.39. The van der Waals surface area contributed by atoms with Crippen LogP contribution >= 0.6 is 0 Å². The largest absolute Gasteiger partial charge is 0.388 e. The predicted octanol–water partition coefficient (Wildman–Crippen LogP) is 2.21. The van der Waals surface area contributed by atoms with Gasteiger partial charge in [0.25, 0.3) is 0 Å². The summed E-state index contributed by atoms with van der Waals surface area (Å²) < 4.78 is 1.78. The van der Waals surface area contributed by atoms with E-state index in [0.717, 1.165) is 36.9 Å². The Morgan fingerprint density at radius 2 is 2.21 bits per heavy atom. The van der Waals surface area contributed by atoms with E-state index in [1.54, 1.807) is 4.68 Å². The first-order chi connectivity index (χ1) is 6.69. The molecular weight excluding hydrogens is 176 g/mol. The van der Waals surface area contributed by atoms with Gasteiger partial charge in [0.2, 0.25) is 0 Å². The first kappa shape index (κ1) is 11.2. The van der Waals surface area contributed by atoms with Gasteiger partial charge in [-0.3, -0.25) is 4.68 Å². The van der Waals surface area contributed by atoms with Gasteiger partial charge in [0, 0.05) is 18.8 Å². The van der Waals surface area contributed by atoms with Gasteiger partial charge in [0.1, 0.15) is 0 Å². The van der Waals surface area contributed by atoms with Gasteiger partial charge in [-0.2, -0.15) is 5.10 Å². The molecule has 0 saturated heterocycles. The molecule has 3 heteroatoms. The Balaban J connectivity index is 2.72. The van der Waals surface area contributed by atoms with Crippen LogP contribution in [0.5, 0.6) is 0 Å². The smallest absolute Gasteiger partial charge is 0.0823 e. The van der Waals surface area contributed by atoms with Gasteiger partial charge in [-0.1, -0.05) is 26.7 Å². The molecule has 1 atom stereocenters. The SMILES string of the molecule is CCCCC(O)c1cn(C)nc1CC. The standard InChI is InChI=1S/C11H20N2O/c1-4-6-7-11(14)9-8-13(3)12-10(9)5-2/h8,11,14H,4-7H2,1-3H3. The highest BCUT2D eigenvalue weighted by Crippen LogP contribution is 2.22. The van der Waals surface area contributed by atoms with E-state index >= 15 is 0 Å². The highest BCUT2D eigenvalue weighted by atomic mass is 16.3. The number of unbranched alkanes of at least 4 members (excludes halogenated alkanes) is 1. The molecule has 0 amide bonds. The van der Waals surface area contributed by atoms with Crippen molar-refractivity contribution in [2.75, 3.05) is 0 Å². The van der Waals surface area contributed by atoms with Crippen molar-refractivity contribution in [2.45, 2.75) is 45.6 Å². The fourth-order valence-electron chi connectivity index (χ4n) is 1.66. The van der Waals surface area contributed by atoms with Crippen LogP contribution in [0.2, 0.25) is 0 Å². The molecule has 0 bridgehead atoms. The number of aliphatic hydroxyl groups is 1.